The molecule has 74 valence electrons. The van der Waals surface area contributed by atoms with Gasteiger partial charge < -0.3 is 0 Å². The Morgan fingerprint density at radius 1 is 1.62 bits per heavy atom. The summed E-state index contributed by atoms with van der Waals surface area (Å²) in [5, 5.41) is 11.7. The number of hydrogen-bond acceptors (Lipinski definition) is 5. The van der Waals surface area contributed by atoms with Crippen LogP contribution >= 0.6 is 0 Å². The highest BCUT2D eigenvalue weighted by atomic mass is 15.6. The predicted octanol–water partition coefficient (Wildman–Crippen LogP) is -0.615. The topological polar surface area (TPSA) is 81.7 Å². The molecule has 1 aromatic heterocycles. The fraction of sp³-hybridized carbons (Fsp3) is 0.857. The van der Waals surface area contributed by atoms with Crippen LogP contribution in [0.4, 0.5) is 0 Å². The van der Waals surface area contributed by atoms with Gasteiger partial charge in [0.15, 0.2) is 5.82 Å². The number of tetrazole rings is 1. The van der Waals surface area contributed by atoms with E-state index in [-0.39, 0.29) is 6.04 Å². The van der Waals surface area contributed by atoms with Crippen LogP contribution in [-0.2, 0) is 13.5 Å². The third kappa shape index (κ3) is 3.08. The third-order valence-corrected chi connectivity index (χ3v) is 1.85. The monoisotopic (exact) mass is 184 g/mol. The van der Waals surface area contributed by atoms with Gasteiger partial charge >= 0.3 is 0 Å². The molecule has 0 aliphatic rings. The number of nitrogens with two attached hydrogens (primary N) is 1. The van der Waals surface area contributed by atoms with Crippen LogP contribution < -0.4 is 11.3 Å². The highest BCUT2D eigenvalue weighted by molar-refractivity contribution is 4.83. The Labute approximate surface area is 77.5 Å². The average Bonchev–Trinajstić information content (AvgIpc) is 2.50. The molecule has 0 fully saturated rings. The van der Waals surface area contributed by atoms with Crippen molar-refractivity contribution in [2.45, 2.75) is 32.2 Å². The summed E-state index contributed by atoms with van der Waals surface area (Å²) in [7, 11) is 1.75. The van der Waals surface area contributed by atoms with E-state index >= 15 is 0 Å². The van der Waals surface area contributed by atoms with Gasteiger partial charge in [-0.1, -0.05) is 13.3 Å². The summed E-state index contributed by atoms with van der Waals surface area (Å²) in [6, 6.07) is 0.245. The van der Waals surface area contributed by atoms with Gasteiger partial charge in [-0.15, -0.1) is 10.2 Å². The fourth-order valence-corrected chi connectivity index (χ4v) is 1.22. The Hall–Kier alpha value is -1.01. The van der Waals surface area contributed by atoms with Crippen molar-refractivity contribution in [3.05, 3.63) is 5.82 Å². The molecule has 0 bridgehead atoms. The zero-order chi connectivity index (χ0) is 9.68. The number of nitrogens with one attached hydrogen (secondary N) is 1. The number of hydrogen-bond donors (Lipinski definition) is 2. The van der Waals surface area contributed by atoms with Gasteiger partial charge in [0.1, 0.15) is 0 Å². The lowest BCUT2D eigenvalue weighted by Crippen LogP contribution is -2.36. The van der Waals surface area contributed by atoms with Crippen molar-refractivity contribution in [1.29, 1.82) is 0 Å². The van der Waals surface area contributed by atoms with Gasteiger partial charge in [-0.05, 0) is 11.6 Å². The standard InChI is InChI=1S/C7H16N6/c1-3-4-6(9-8)5-7-10-12-13(2)11-7/h6,9H,3-5,8H2,1-2H3. The van der Waals surface area contributed by atoms with Crippen molar-refractivity contribution in [2.24, 2.45) is 12.9 Å². The van der Waals surface area contributed by atoms with Gasteiger partial charge in [0.2, 0.25) is 0 Å². The normalized spacial score (nSPS) is 13.2. The van der Waals surface area contributed by atoms with Crippen molar-refractivity contribution in [3.63, 3.8) is 0 Å². The van der Waals surface area contributed by atoms with Gasteiger partial charge in [0, 0.05) is 12.5 Å². The second-order valence-electron chi connectivity index (χ2n) is 3.05. The minimum Gasteiger partial charge on any atom is -0.271 e. The van der Waals surface area contributed by atoms with Crippen LogP contribution in [0.3, 0.4) is 0 Å². The lowest BCUT2D eigenvalue weighted by molar-refractivity contribution is 0.476. The van der Waals surface area contributed by atoms with E-state index in [1.807, 2.05) is 0 Å². The predicted molar refractivity (Wildman–Crippen MR) is 48.5 cm³/mol. The number of rotatable bonds is 5. The molecule has 0 amide bonds. The van der Waals surface area contributed by atoms with Crippen LogP contribution in [0.1, 0.15) is 25.6 Å². The summed E-state index contributed by atoms with van der Waals surface area (Å²) < 4.78 is 0. The fourth-order valence-electron chi connectivity index (χ4n) is 1.22. The maximum Gasteiger partial charge on any atom is 0.176 e. The molecule has 0 aliphatic heterocycles. The van der Waals surface area contributed by atoms with Gasteiger partial charge in [0.25, 0.3) is 0 Å². The highest BCUT2D eigenvalue weighted by Gasteiger charge is 2.09. The molecule has 0 aromatic carbocycles. The Balaban J connectivity index is 2.46. The molecule has 1 heterocycles. The molecule has 0 saturated carbocycles. The van der Waals surface area contributed by atoms with Crippen molar-refractivity contribution in [3.8, 4) is 0 Å². The van der Waals surface area contributed by atoms with Crippen LogP contribution in [0, 0.1) is 0 Å². The Morgan fingerprint density at radius 2 is 2.38 bits per heavy atom. The summed E-state index contributed by atoms with van der Waals surface area (Å²) in [4.78, 5) is 1.45. The van der Waals surface area contributed by atoms with Crippen LogP contribution in [-0.4, -0.2) is 26.2 Å². The molecular formula is C7H16N6. The number of aromatic nitrogens is 4. The van der Waals surface area contributed by atoms with Crippen molar-refractivity contribution < 1.29 is 0 Å². The maximum atomic E-state index is 5.38. The maximum absolute atomic E-state index is 5.38. The first-order valence-corrected chi connectivity index (χ1v) is 4.45. The quantitative estimate of drug-likeness (QED) is 0.471. The molecule has 0 saturated heterocycles. The van der Waals surface area contributed by atoms with E-state index in [1.54, 1.807) is 7.05 Å². The summed E-state index contributed by atoms with van der Waals surface area (Å²) in [6.07, 6.45) is 2.85. The molecule has 0 radical (unpaired) electrons. The lowest BCUT2D eigenvalue weighted by Gasteiger charge is -2.11. The molecule has 6 nitrogen and oxygen atoms in total. The van der Waals surface area contributed by atoms with Crippen molar-refractivity contribution in [2.75, 3.05) is 0 Å². The molecule has 6 heteroatoms. The Morgan fingerprint density at radius 3 is 2.85 bits per heavy atom. The molecule has 0 spiro atoms. The average molecular weight is 184 g/mol. The van der Waals surface area contributed by atoms with Gasteiger partial charge in [-0.25, -0.2) is 0 Å². The zero-order valence-corrected chi connectivity index (χ0v) is 8.06. The smallest absolute Gasteiger partial charge is 0.176 e. The van der Waals surface area contributed by atoms with E-state index < -0.39 is 0 Å². The summed E-state index contributed by atoms with van der Waals surface area (Å²) in [6.45, 7) is 2.12. The van der Waals surface area contributed by atoms with E-state index in [0.29, 0.717) is 0 Å². The van der Waals surface area contributed by atoms with Crippen LogP contribution in [0.15, 0.2) is 0 Å². The highest BCUT2D eigenvalue weighted by Crippen LogP contribution is 2.00. The molecule has 1 unspecified atom stereocenters. The summed E-state index contributed by atoms with van der Waals surface area (Å²) >= 11 is 0. The first kappa shape index (κ1) is 10.1. The second-order valence-corrected chi connectivity index (χ2v) is 3.05. The SMILES string of the molecule is CCCC(Cc1nnn(C)n1)NN. The molecule has 3 N–H and O–H groups in total. The van der Waals surface area contributed by atoms with Crippen LogP contribution in [0.25, 0.3) is 0 Å². The van der Waals surface area contributed by atoms with E-state index in [4.69, 9.17) is 5.84 Å². The molecule has 1 rings (SSSR count). The summed E-state index contributed by atoms with van der Waals surface area (Å²) in [5.74, 6) is 6.12. The molecule has 1 atom stereocenters. The minimum atomic E-state index is 0.245. The van der Waals surface area contributed by atoms with Crippen molar-refractivity contribution >= 4 is 0 Å². The van der Waals surface area contributed by atoms with Crippen molar-refractivity contribution in [1.82, 2.24) is 25.6 Å². The Bertz CT molecular complexity index is 245. The molecule has 0 aliphatic carbocycles. The first-order valence-electron chi connectivity index (χ1n) is 4.45. The van der Waals surface area contributed by atoms with E-state index in [9.17, 15) is 0 Å². The van der Waals surface area contributed by atoms with Gasteiger partial charge in [0.05, 0.1) is 7.05 Å². The van der Waals surface area contributed by atoms with Gasteiger partial charge in [-0.2, -0.15) is 4.80 Å². The van der Waals surface area contributed by atoms with Crippen LogP contribution in [0.2, 0.25) is 0 Å². The lowest BCUT2D eigenvalue weighted by atomic mass is 10.1. The largest absolute Gasteiger partial charge is 0.271 e. The van der Waals surface area contributed by atoms with Gasteiger partial charge in [-0.3, -0.25) is 11.3 Å². The minimum absolute atomic E-state index is 0.245. The summed E-state index contributed by atoms with van der Waals surface area (Å²) in [5.41, 5.74) is 2.74. The number of hydrazine groups is 1. The second kappa shape index (κ2) is 4.88. The number of nitrogens with zero attached hydrogens (tertiary/aromatic N) is 4. The molecule has 13 heavy (non-hydrogen) atoms. The van der Waals surface area contributed by atoms with E-state index in [0.717, 1.165) is 25.1 Å². The molecular weight excluding hydrogens is 168 g/mol. The van der Waals surface area contributed by atoms with E-state index in [2.05, 4.69) is 27.8 Å². The Kier molecular flexibility index (Phi) is 3.78. The first-order chi connectivity index (χ1) is 6.26. The van der Waals surface area contributed by atoms with E-state index in [1.165, 1.54) is 4.80 Å². The molecule has 1 aromatic rings. The zero-order valence-electron chi connectivity index (χ0n) is 8.06. The number of aryl methyl sites for hydroxylation is 1. The van der Waals surface area contributed by atoms with Crippen LogP contribution in [0.5, 0.6) is 0 Å². The third-order valence-electron chi connectivity index (χ3n) is 1.85.